The molecule has 2 aromatic carbocycles. The molecule has 1 fully saturated rings. The van der Waals surface area contributed by atoms with Gasteiger partial charge in [-0.05, 0) is 25.3 Å². The van der Waals surface area contributed by atoms with Crippen LogP contribution in [0.5, 0.6) is 0 Å². The number of benzene rings is 2. The molecular weight excluding hydrogens is 406 g/mol. The van der Waals surface area contributed by atoms with E-state index in [4.69, 9.17) is 0 Å². The summed E-state index contributed by atoms with van der Waals surface area (Å²) >= 11 is 0. The molecule has 0 spiro atoms. The number of piperidine rings is 1. The van der Waals surface area contributed by atoms with E-state index in [9.17, 15) is 23.3 Å². The van der Waals surface area contributed by atoms with E-state index in [0.717, 1.165) is 5.56 Å². The smallest absolute Gasteiger partial charge is 0.274 e. The maximum Gasteiger partial charge on any atom is 0.274 e. The molecule has 0 saturated carbocycles. The Hall–Kier alpha value is -2.78. The van der Waals surface area contributed by atoms with Gasteiger partial charge >= 0.3 is 0 Å². The van der Waals surface area contributed by atoms with Crippen LogP contribution in [0, 0.1) is 10.1 Å². The number of carbonyl (C=O) groups is 1. The van der Waals surface area contributed by atoms with Gasteiger partial charge in [-0.15, -0.1) is 0 Å². The highest BCUT2D eigenvalue weighted by Gasteiger charge is 2.44. The predicted molar refractivity (Wildman–Crippen MR) is 113 cm³/mol. The number of carbonyl (C=O) groups excluding carboxylic acids is 1. The average molecular weight is 432 g/mol. The van der Waals surface area contributed by atoms with Gasteiger partial charge < -0.3 is 5.32 Å². The van der Waals surface area contributed by atoms with Crippen molar-refractivity contribution in [2.75, 3.05) is 18.8 Å². The zero-order chi connectivity index (χ0) is 21.8. The third kappa shape index (κ3) is 4.36. The Morgan fingerprint density at radius 2 is 1.70 bits per heavy atom. The predicted octanol–water partition coefficient (Wildman–Crippen LogP) is 2.59. The molecule has 1 heterocycles. The van der Waals surface area contributed by atoms with Gasteiger partial charge in [0.2, 0.25) is 15.9 Å². The molecule has 2 aromatic rings. The van der Waals surface area contributed by atoms with Gasteiger partial charge in [0.1, 0.15) is 0 Å². The maximum absolute atomic E-state index is 13.4. The summed E-state index contributed by atoms with van der Waals surface area (Å²) in [6, 6.07) is 15.6. The number of hydrogen-bond acceptors (Lipinski definition) is 5. The van der Waals surface area contributed by atoms with Gasteiger partial charge in [0.05, 0.1) is 16.1 Å². The second kappa shape index (κ2) is 8.93. The molecule has 0 unspecified atom stereocenters. The zero-order valence-corrected chi connectivity index (χ0v) is 17.6. The first-order chi connectivity index (χ1) is 14.3. The first-order valence-electron chi connectivity index (χ1n) is 9.84. The molecule has 8 nitrogen and oxygen atoms in total. The second-order valence-electron chi connectivity index (χ2n) is 7.32. The topological polar surface area (TPSA) is 110 Å². The summed E-state index contributed by atoms with van der Waals surface area (Å²) < 4.78 is 25.9. The minimum absolute atomic E-state index is 0.0230. The molecule has 1 aliphatic heterocycles. The Kier molecular flexibility index (Phi) is 6.52. The van der Waals surface area contributed by atoms with Crippen LogP contribution in [-0.4, -0.2) is 42.4 Å². The Bertz CT molecular complexity index is 1020. The fourth-order valence-corrected chi connectivity index (χ4v) is 5.02. The van der Waals surface area contributed by atoms with E-state index in [-0.39, 0.29) is 37.0 Å². The number of hydrogen-bond donors (Lipinski definition) is 1. The van der Waals surface area contributed by atoms with Gasteiger partial charge in [-0.1, -0.05) is 48.5 Å². The zero-order valence-electron chi connectivity index (χ0n) is 16.8. The standard InChI is InChI=1S/C21H25N3O5S/c1-2-30(28,29)23-14-12-21(13-15-23,18-9-4-3-5-10-18)20(25)22-16-17-8-6-7-11-19(17)24(26)27/h3-11H,2,12-16H2,1H3,(H,22,25). The van der Waals surface area contributed by atoms with Crippen LogP contribution in [0.25, 0.3) is 0 Å². The van der Waals surface area contributed by atoms with E-state index in [1.165, 1.54) is 10.4 Å². The Labute approximate surface area is 176 Å². The molecule has 0 radical (unpaired) electrons. The normalized spacial score (nSPS) is 16.7. The van der Waals surface area contributed by atoms with Crippen LogP contribution in [0.4, 0.5) is 5.69 Å². The molecule has 1 aliphatic rings. The number of nitro groups is 1. The van der Waals surface area contributed by atoms with Crippen LogP contribution in [-0.2, 0) is 26.8 Å². The third-order valence-corrected chi connectivity index (χ3v) is 7.60. The first-order valence-corrected chi connectivity index (χ1v) is 11.4. The molecule has 0 bridgehead atoms. The van der Waals surface area contributed by atoms with E-state index in [2.05, 4.69) is 5.32 Å². The highest BCUT2D eigenvalue weighted by molar-refractivity contribution is 7.89. The number of nitro benzene ring substituents is 1. The summed E-state index contributed by atoms with van der Waals surface area (Å²) in [5, 5.41) is 14.1. The van der Waals surface area contributed by atoms with Crippen LogP contribution in [0.3, 0.4) is 0 Å². The molecule has 0 aliphatic carbocycles. The van der Waals surface area contributed by atoms with E-state index < -0.39 is 20.4 Å². The van der Waals surface area contributed by atoms with Crippen LogP contribution in [0.15, 0.2) is 54.6 Å². The van der Waals surface area contributed by atoms with E-state index >= 15 is 0 Å². The van der Waals surface area contributed by atoms with Crippen molar-refractivity contribution < 1.29 is 18.1 Å². The van der Waals surface area contributed by atoms with Crippen molar-refractivity contribution in [2.45, 2.75) is 31.7 Å². The van der Waals surface area contributed by atoms with Crippen molar-refractivity contribution in [1.82, 2.24) is 9.62 Å². The van der Waals surface area contributed by atoms with Gasteiger partial charge in [-0.25, -0.2) is 12.7 Å². The highest BCUT2D eigenvalue weighted by Crippen LogP contribution is 2.37. The number of nitrogens with zero attached hydrogens (tertiary/aromatic N) is 2. The van der Waals surface area contributed by atoms with Gasteiger partial charge in [-0.3, -0.25) is 14.9 Å². The van der Waals surface area contributed by atoms with Crippen LogP contribution < -0.4 is 5.32 Å². The first kappa shape index (κ1) is 21.9. The summed E-state index contributed by atoms with van der Waals surface area (Å²) in [5.41, 5.74) is 0.309. The lowest BCUT2D eigenvalue weighted by molar-refractivity contribution is -0.385. The van der Waals surface area contributed by atoms with Crippen LogP contribution in [0.2, 0.25) is 0 Å². The molecule has 1 saturated heterocycles. The van der Waals surface area contributed by atoms with Crippen LogP contribution in [0.1, 0.15) is 30.9 Å². The molecular formula is C21H25N3O5S. The maximum atomic E-state index is 13.4. The largest absolute Gasteiger partial charge is 0.351 e. The van der Waals surface area contributed by atoms with Crippen molar-refractivity contribution in [2.24, 2.45) is 0 Å². The molecule has 1 amide bonds. The molecule has 160 valence electrons. The average Bonchev–Trinajstić information content (AvgIpc) is 2.78. The lowest BCUT2D eigenvalue weighted by Crippen LogP contribution is -2.52. The number of nitrogens with one attached hydrogen (secondary N) is 1. The van der Waals surface area contributed by atoms with Gasteiger partial charge in [0, 0.05) is 31.3 Å². The molecule has 1 N–H and O–H groups in total. The summed E-state index contributed by atoms with van der Waals surface area (Å²) in [4.78, 5) is 24.1. The van der Waals surface area contributed by atoms with Gasteiger partial charge in [-0.2, -0.15) is 0 Å². The lowest BCUT2D eigenvalue weighted by Gasteiger charge is -2.40. The summed E-state index contributed by atoms with van der Waals surface area (Å²) in [6.07, 6.45) is 0.692. The molecule has 0 aromatic heterocycles. The molecule has 0 atom stereocenters. The SMILES string of the molecule is CCS(=O)(=O)N1CCC(C(=O)NCc2ccccc2[N+](=O)[O-])(c2ccccc2)CC1. The Balaban J connectivity index is 1.84. The van der Waals surface area contributed by atoms with Crippen molar-refractivity contribution in [1.29, 1.82) is 0 Å². The number of rotatable bonds is 7. The van der Waals surface area contributed by atoms with Crippen molar-refractivity contribution >= 4 is 21.6 Å². The Morgan fingerprint density at radius 1 is 1.10 bits per heavy atom. The minimum Gasteiger partial charge on any atom is -0.351 e. The highest BCUT2D eigenvalue weighted by atomic mass is 32.2. The fraction of sp³-hybridized carbons (Fsp3) is 0.381. The van der Waals surface area contributed by atoms with Crippen molar-refractivity contribution in [3.8, 4) is 0 Å². The summed E-state index contributed by atoms with van der Waals surface area (Å²) in [7, 11) is -3.32. The van der Waals surface area contributed by atoms with Crippen LogP contribution >= 0.6 is 0 Å². The molecule has 30 heavy (non-hydrogen) atoms. The van der Waals surface area contributed by atoms with Gasteiger partial charge in [0.25, 0.3) is 5.69 Å². The van der Waals surface area contributed by atoms with Gasteiger partial charge in [0.15, 0.2) is 0 Å². The number of para-hydroxylation sites is 1. The van der Waals surface area contributed by atoms with Crippen molar-refractivity contribution in [3.05, 3.63) is 75.8 Å². The third-order valence-electron chi connectivity index (χ3n) is 5.72. The lowest BCUT2D eigenvalue weighted by atomic mass is 9.72. The minimum atomic E-state index is -3.32. The van der Waals surface area contributed by atoms with E-state index in [1.807, 2.05) is 30.3 Å². The monoisotopic (exact) mass is 431 g/mol. The quantitative estimate of drug-likeness (QED) is 0.535. The Morgan fingerprint density at radius 3 is 2.30 bits per heavy atom. The second-order valence-corrected chi connectivity index (χ2v) is 9.57. The fourth-order valence-electron chi connectivity index (χ4n) is 3.92. The summed E-state index contributed by atoms with van der Waals surface area (Å²) in [5.74, 6) is -0.227. The number of sulfonamides is 1. The van der Waals surface area contributed by atoms with E-state index in [1.54, 1.807) is 25.1 Å². The number of amides is 1. The molecule has 9 heteroatoms. The summed E-state index contributed by atoms with van der Waals surface area (Å²) in [6.45, 7) is 2.14. The van der Waals surface area contributed by atoms with Crippen molar-refractivity contribution in [3.63, 3.8) is 0 Å². The van der Waals surface area contributed by atoms with E-state index in [0.29, 0.717) is 18.4 Å². The molecule has 3 rings (SSSR count).